The summed E-state index contributed by atoms with van der Waals surface area (Å²) < 4.78 is 5.14. The molecule has 0 aliphatic heterocycles. The van der Waals surface area contributed by atoms with E-state index in [9.17, 15) is 4.79 Å². The van der Waals surface area contributed by atoms with E-state index in [1.165, 1.54) is 12.5 Å². The summed E-state index contributed by atoms with van der Waals surface area (Å²) in [5.41, 5.74) is 1.60. The van der Waals surface area contributed by atoms with Gasteiger partial charge < -0.3 is 15.0 Å². The van der Waals surface area contributed by atoms with E-state index in [0.717, 1.165) is 17.7 Å². The van der Waals surface area contributed by atoms with Crippen LogP contribution in [0.15, 0.2) is 36.8 Å². The fourth-order valence-electron chi connectivity index (χ4n) is 1.62. The van der Waals surface area contributed by atoms with Crippen LogP contribution in [-0.2, 0) is 6.42 Å². The lowest BCUT2D eigenvalue weighted by atomic mass is 10.1. The Balaban J connectivity index is 1.83. The molecule has 1 aromatic carbocycles. The highest BCUT2D eigenvalue weighted by atomic mass is 16.5. The second kappa shape index (κ2) is 5.86. The third-order valence-corrected chi connectivity index (χ3v) is 2.58. The molecular formula is C13H15N3O2. The Labute approximate surface area is 105 Å². The number of nitrogens with zero attached hydrogens (tertiary/aromatic N) is 1. The number of hydrogen-bond donors (Lipinski definition) is 2. The van der Waals surface area contributed by atoms with Crippen molar-refractivity contribution in [3.05, 3.63) is 48.0 Å². The maximum atomic E-state index is 11.6. The number of hydrogen-bond acceptors (Lipinski definition) is 3. The van der Waals surface area contributed by atoms with E-state index in [2.05, 4.69) is 15.3 Å². The van der Waals surface area contributed by atoms with Gasteiger partial charge in [-0.1, -0.05) is 12.1 Å². The molecule has 94 valence electrons. The number of carbonyl (C=O) groups excluding carboxylic acids is 1. The minimum absolute atomic E-state index is 0.143. The van der Waals surface area contributed by atoms with E-state index in [1.807, 2.05) is 24.3 Å². The molecule has 0 saturated carbocycles. The maximum absolute atomic E-state index is 11.6. The molecule has 0 bridgehead atoms. The average Bonchev–Trinajstić information content (AvgIpc) is 2.93. The summed E-state index contributed by atoms with van der Waals surface area (Å²) in [6.45, 7) is 0.574. The predicted octanol–water partition coefficient (Wildman–Crippen LogP) is 1.39. The Morgan fingerprint density at radius 1 is 1.50 bits per heavy atom. The Hall–Kier alpha value is -2.30. The van der Waals surface area contributed by atoms with E-state index in [-0.39, 0.29) is 5.91 Å². The molecular weight excluding hydrogens is 230 g/mol. The molecule has 5 nitrogen and oxygen atoms in total. The van der Waals surface area contributed by atoms with Crippen molar-refractivity contribution in [3.8, 4) is 5.75 Å². The highest BCUT2D eigenvalue weighted by molar-refractivity contribution is 5.91. The summed E-state index contributed by atoms with van der Waals surface area (Å²) in [5.74, 6) is 0.683. The predicted molar refractivity (Wildman–Crippen MR) is 67.6 cm³/mol. The van der Waals surface area contributed by atoms with Crippen LogP contribution in [0, 0.1) is 0 Å². The smallest absolute Gasteiger partial charge is 0.269 e. The minimum atomic E-state index is -0.143. The largest absolute Gasteiger partial charge is 0.497 e. The molecule has 2 aromatic rings. The van der Waals surface area contributed by atoms with Gasteiger partial charge in [0.15, 0.2) is 0 Å². The minimum Gasteiger partial charge on any atom is -0.497 e. The molecule has 1 amide bonds. The number of benzene rings is 1. The zero-order valence-electron chi connectivity index (χ0n) is 10.1. The van der Waals surface area contributed by atoms with Gasteiger partial charge in [-0.3, -0.25) is 4.79 Å². The standard InChI is InChI=1S/C13H15N3O2/c1-18-11-4-2-3-10(7-11)5-6-15-13(17)12-8-14-9-16-12/h2-4,7-9H,5-6H2,1H3,(H,14,16)(H,15,17). The number of H-pyrrole nitrogens is 1. The Bertz CT molecular complexity index is 509. The topological polar surface area (TPSA) is 67.0 Å². The van der Waals surface area contributed by atoms with Crippen LogP contribution in [0.4, 0.5) is 0 Å². The first-order valence-corrected chi connectivity index (χ1v) is 5.69. The molecule has 0 saturated heterocycles. The molecule has 2 rings (SSSR count). The quantitative estimate of drug-likeness (QED) is 0.836. The molecule has 18 heavy (non-hydrogen) atoms. The molecule has 5 heteroatoms. The van der Waals surface area contributed by atoms with Crippen molar-refractivity contribution in [2.45, 2.75) is 6.42 Å². The van der Waals surface area contributed by atoms with Gasteiger partial charge in [-0.15, -0.1) is 0 Å². The zero-order chi connectivity index (χ0) is 12.8. The summed E-state index contributed by atoms with van der Waals surface area (Å²) in [6, 6.07) is 7.80. The van der Waals surface area contributed by atoms with Crippen LogP contribution in [0.1, 0.15) is 16.1 Å². The maximum Gasteiger partial charge on any atom is 0.269 e. The number of rotatable bonds is 5. The molecule has 0 aliphatic carbocycles. The highest BCUT2D eigenvalue weighted by Gasteiger charge is 2.05. The van der Waals surface area contributed by atoms with Gasteiger partial charge in [0.05, 0.1) is 19.6 Å². The van der Waals surface area contributed by atoms with Crippen molar-refractivity contribution in [1.29, 1.82) is 0 Å². The van der Waals surface area contributed by atoms with Crippen LogP contribution >= 0.6 is 0 Å². The van der Waals surface area contributed by atoms with E-state index in [4.69, 9.17) is 4.74 Å². The van der Waals surface area contributed by atoms with Crippen LogP contribution in [0.3, 0.4) is 0 Å². The molecule has 1 aromatic heterocycles. The SMILES string of the molecule is COc1cccc(CCNC(=O)c2cnc[nH]2)c1. The van der Waals surface area contributed by atoms with Crippen molar-refractivity contribution in [2.24, 2.45) is 0 Å². The van der Waals surface area contributed by atoms with Crippen LogP contribution in [-0.4, -0.2) is 29.5 Å². The van der Waals surface area contributed by atoms with Crippen LogP contribution < -0.4 is 10.1 Å². The van der Waals surface area contributed by atoms with Crippen molar-refractivity contribution >= 4 is 5.91 Å². The number of aromatic nitrogens is 2. The number of ether oxygens (including phenoxy) is 1. The third-order valence-electron chi connectivity index (χ3n) is 2.58. The van der Waals surface area contributed by atoms with E-state index >= 15 is 0 Å². The van der Waals surface area contributed by atoms with Crippen molar-refractivity contribution in [2.75, 3.05) is 13.7 Å². The van der Waals surface area contributed by atoms with E-state index in [0.29, 0.717) is 12.2 Å². The zero-order valence-corrected chi connectivity index (χ0v) is 10.1. The molecule has 2 N–H and O–H groups in total. The number of methoxy groups -OCH3 is 1. The Kier molecular flexibility index (Phi) is 3.96. The normalized spacial score (nSPS) is 10.1. The van der Waals surface area contributed by atoms with Gasteiger partial charge in [-0.25, -0.2) is 4.98 Å². The molecule has 0 fully saturated rings. The molecule has 0 radical (unpaired) electrons. The van der Waals surface area contributed by atoms with Crippen molar-refractivity contribution in [3.63, 3.8) is 0 Å². The highest BCUT2D eigenvalue weighted by Crippen LogP contribution is 2.12. The molecule has 0 atom stereocenters. The third kappa shape index (κ3) is 3.10. The van der Waals surface area contributed by atoms with Gasteiger partial charge in [0.25, 0.3) is 5.91 Å². The summed E-state index contributed by atoms with van der Waals surface area (Å²) in [7, 11) is 1.64. The number of imidazole rings is 1. The van der Waals surface area contributed by atoms with Gasteiger partial charge in [0, 0.05) is 6.54 Å². The van der Waals surface area contributed by atoms with Gasteiger partial charge in [0.2, 0.25) is 0 Å². The lowest BCUT2D eigenvalue weighted by Gasteiger charge is -2.05. The summed E-state index contributed by atoms with van der Waals surface area (Å²) in [5, 5.41) is 2.82. The number of aromatic amines is 1. The van der Waals surface area contributed by atoms with Gasteiger partial charge in [-0.2, -0.15) is 0 Å². The average molecular weight is 245 g/mol. The van der Waals surface area contributed by atoms with E-state index < -0.39 is 0 Å². The Morgan fingerprint density at radius 2 is 2.39 bits per heavy atom. The van der Waals surface area contributed by atoms with Crippen LogP contribution in [0.2, 0.25) is 0 Å². The molecule has 0 unspecified atom stereocenters. The fourth-order valence-corrected chi connectivity index (χ4v) is 1.62. The number of carbonyl (C=O) groups is 1. The second-order valence-electron chi connectivity index (χ2n) is 3.82. The van der Waals surface area contributed by atoms with E-state index in [1.54, 1.807) is 7.11 Å². The number of amides is 1. The van der Waals surface area contributed by atoms with Gasteiger partial charge in [0.1, 0.15) is 11.4 Å². The summed E-state index contributed by atoms with van der Waals surface area (Å²) in [4.78, 5) is 18.2. The Morgan fingerprint density at radius 3 is 3.11 bits per heavy atom. The lowest BCUT2D eigenvalue weighted by molar-refractivity contribution is 0.0949. The van der Waals surface area contributed by atoms with Crippen molar-refractivity contribution < 1.29 is 9.53 Å². The molecule has 1 heterocycles. The monoisotopic (exact) mass is 245 g/mol. The first-order chi connectivity index (χ1) is 8.79. The van der Waals surface area contributed by atoms with Crippen LogP contribution in [0.5, 0.6) is 5.75 Å². The first kappa shape index (κ1) is 12.2. The van der Waals surface area contributed by atoms with Crippen LogP contribution in [0.25, 0.3) is 0 Å². The number of nitrogens with one attached hydrogen (secondary N) is 2. The van der Waals surface area contributed by atoms with Crippen molar-refractivity contribution in [1.82, 2.24) is 15.3 Å². The first-order valence-electron chi connectivity index (χ1n) is 5.69. The lowest BCUT2D eigenvalue weighted by Crippen LogP contribution is -2.25. The molecule has 0 spiro atoms. The van der Waals surface area contributed by atoms with Gasteiger partial charge >= 0.3 is 0 Å². The summed E-state index contributed by atoms with van der Waals surface area (Å²) >= 11 is 0. The summed E-state index contributed by atoms with van der Waals surface area (Å²) in [6.07, 6.45) is 3.74. The van der Waals surface area contributed by atoms with Gasteiger partial charge in [-0.05, 0) is 24.1 Å². The fraction of sp³-hybridized carbons (Fsp3) is 0.231. The second-order valence-corrected chi connectivity index (χ2v) is 3.82. The molecule has 0 aliphatic rings.